The van der Waals surface area contributed by atoms with Gasteiger partial charge in [-0.05, 0) is 17.7 Å². The summed E-state index contributed by atoms with van der Waals surface area (Å²) in [7, 11) is 1.71. The molecule has 2 aromatic rings. The second-order valence-corrected chi connectivity index (χ2v) is 6.18. The molecule has 1 aliphatic rings. The standard InChI is InChI=1S/C18H17ClN2O3/c1-21-16(22)10-15(17(21)12-5-3-2-4-6-12)18(23)24-11-14-9-13(19)7-8-20-14/h2-9,15,17H,10-11H2,1H3/t15-,17+/m1/s1. The number of amides is 1. The van der Waals surface area contributed by atoms with Gasteiger partial charge in [0.2, 0.25) is 5.91 Å². The molecule has 0 bridgehead atoms. The minimum atomic E-state index is -0.524. The van der Waals surface area contributed by atoms with Crippen LogP contribution in [0, 0.1) is 5.92 Å². The van der Waals surface area contributed by atoms with Crippen LogP contribution >= 0.6 is 11.6 Å². The van der Waals surface area contributed by atoms with Crippen molar-refractivity contribution in [1.29, 1.82) is 0 Å². The molecular weight excluding hydrogens is 328 g/mol. The molecule has 0 unspecified atom stereocenters. The fraction of sp³-hybridized carbons (Fsp3) is 0.278. The first kappa shape index (κ1) is 16.5. The molecule has 0 N–H and O–H groups in total. The first-order valence-electron chi connectivity index (χ1n) is 7.64. The SMILES string of the molecule is CN1C(=O)C[C@@H](C(=O)OCc2cc(Cl)ccn2)[C@@H]1c1ccccc1. The molecule has 0 radical (unpaired) electrons. The number of ether oxygens (including phenoxy) is 1. The van der Waals surface area contributed by atoms with E-state index >= 15 is 0 Å². The average Bonchev–Trinajstić information content (AvgIpc) is 2.89. The molecular formula is C18H17ClN2O3. The molecule has 124 valence electrons. The lowest BCUT2D eigenvalue weighted by Crippen LogP contribution is -2.27. The van der Waals surface area contributed by atoms with Gasteiger partial charge in [-0.15, -0.1) is 0 Å². The Hall–Kier alpha value is -2.40. The van der Waals surface area contributed by atoms with Gasteiger partial charge in [-0.25, -0.2) is 0 Å². The van der Waals surface area contributed by atoms with E-state index in [9.17, 15) is 9.59 Å². The maximum absolute atomic E-state index is 12.5. The summed E-state index contributed by atoms with van der Waals surface area (Å²) >= 11 is 5.90. The van der Waals surface area contributed by atoms with Gasteiger partial charge >= 0.3 is 5.97 Å². The van der Waals surface area contributed by atoms with Crippen LogP contribution in [0.4, 0.5) is 0 Å². The second kappa shape index (κ2) is 7.01. The Morgan fingerprint density at radius 1 is 1.33 bits per heavy atom. The number of benzene rings is 1. The molecule has 2 atom stereocenters. The zero-order valence-electron chi connectivity index (χ0n) is 13.2. The molecule has 1 amide bonds. The number of rotatable bonds is 4. The summed E-state index contributed by atoms with van der Waals surface area (Å²) in [5.41, 5.74) is 1.50. The third-order valence-corrected chi connectivity index (χ3v) is 4.41. The Morgan fingerprint density at radius 3 is 2.79 bits per heavy atom. The van der Waals surface area contributed by atoms with E-state index in [1.165, 1.54) is 0 Å². The lowest BCUT2D eigenvalue weighted by Gasteiger charge is -2.24. The largest absolute Gasteiger partial charge is 0.459 e. The Kier molecular flexibility index (Phi) is 4.81. The molecule has 0 spiro atoms. The molecule has 2 heterocycles. The average molecular weight is 345 g/mol. The number of likely N-dealkylation sites (tertiary alicyclic amines) is 1. The highest BCUT2D eigenvalue weighted by Gasteiger charge is 2.43. The van der Waals surface area contributed by atoms with Crippen molar-refractivity contribution in [2.24, 2.45) is 5.92 Å². The van der Waals surface area contributed by atoms with Crippen molar-refractivity contribution in [2.45, 2.75) is 19.1 Å². The van der Waals surface area contributed by atoms with Gasteiger partial charge < -0.3 is 9.64 Å². The smallest absolute Gasteiger partial charge is 0.312 e. The minimum Gasteiger partial charge on any atom is -0.459 e. The number of carbonyl (C=O) groups is 2. The number of aromatic nitrogens is 1. The second-order valence-electron chi connectivity index (χ2n) is 5.74. The van der Waals surface area contributed by atoms with Crippen LogP contribution in [0.5, 0.6) is 0 Å². The highest BCUT2D eigenvalue weighted by molar-refractivity contribution is 6.30. The summed E-state index contributed by atoms with van der Waals surface area (Å²) in [6, 6.07) is 12.5. The number of hydrogen-bond donors (Lipinski definition) is 0. The van der Waals surface area contributed by atoms with E-state index in [4.69, 9.17) is 16.3 Å². The zero-order chi connectivity index (χ0) is 17.1. The Labute approximate surface area is 145 Å². The summed E-state index contributed by atoms with van der Waals surface area (Å²) in [4.78, 5) is 30.3. The van der Waals surface area contributed by atoms with E-state index in [0.717, 1.165) is 5.56 Å². The van der Waals surface area contributed by atoms with E-state index in [0.29, 0.717) is 10.7 Å². The van der Waals surface area contributed by atoms with Crippen LogP contribution < -0.4 is 0 Å². The van der Waals surface area contributed by atoms with Crippen LogP contribution in [-0.4, -0.2) is 28.8 Å². The quantitative estimate of drug-likeness (QED) is 0.800. The van der Waals surface area contributed by atoms with Crippen molar-refractivity contribution in [1.82, 2.24) is 9.88 Å². The van der Waals surface area contributed by atoms with Gasteiger partial charge in [0.15, 0.2) is 0 Å². The summed E-state index contributed by atoms with van der Waals surface area (Å²) < 4.78 is 5.38. The lowest BCUT2D eigenvalue weighted by molar-refractivity contribution is -0.151. The number of pyridine rings is 1. The molecule has 1 aromatic carbocycles. The highest BCUT2D eigenvalue weighted by atomic mass is 35.5. The molecule has 6 heteroatoms. The molecule has 24 heavy (non-hydrogen) atoms. The van der Waals surface area contributed by atoms with Crippen LogP contribution in [0.1, 0.15) is 23.7 Å². The zero-order valence-corrected chi connectivity index (χ0v) is 13.9. The van der Waals surface area contributed by atoms with E-state index < -0.39 is 11.9 Å². The Balaban J connectivity index is 1.74. The topological polar surface area (TPSA) is 59.5 Å². The van der Waals surface area contributed by atoms with Gasteiger partial charge in [-0.3, -0.25) is 14.6 Å². The number of halogens is 1. The van der Waals surface area contributed by atoms with E-state index in [2.05, 4.69) is 4.98 Å². The van der Waals surface area contributed by atoms with Gasteiger partial charge in [0.25, 0.3) is 0 Å². The molecule has 5 nitrogen and oxygen atoms in total. The summed E-state index contributed by atoms with van der Waals surface area (Å²) in [6.45, 7) is 0.0370. The van der Waals surface area contributed by atoms with Crippen LogP contribution in [-0.2, 0) is 20.9 Å². The van der Waals surface area contributed by atoms with Crippen LogP contribution in [0.2, 0.25) is 5.02 Å². The van der Waals surface area contributed by atoms with Crippen molar-refractivity contribution in [2.75, 3.05) is 7.05 Å². The molecule has 1 aliphatic heterocycles. The minimum absolute atomic E-state index is 0.0370. The van der Waals surface area contributed by atoms with Gasteiger partial charge in [-0.2, -0.15) is 0 Å². The van der Waals surface area contributed by atoms with Crippen molar-refractivity contribution in [3.05, 3.63) is 64.9 Å². The Morgan fingerprint density at radius 2 is 2.08 bits per heavy atom. The Bertz CT molecular complexity index is 751. The van der Waals surface area contributed by atoms with E-state index in [1.54, 1.807) is 30.3 Å². The van der Waals surface area contributed by atoms with Crippen molar-refractivity contribution in [3.8, 4) is 0 Å². The summed E-state index contributed by atoms with van der Waals surface area (Å²) in [6.07, 6.45) is 1.71. The maximum atomic E-state index is 12.5. The maximum Gasteiger partial charge on any atom is 0.312 e. The predicted octanol–water partition coefficient (Wildman–Crippen LogP) is 3.00. The van der Waals surface area contributed by atoms with Gasteiger partial charge in [0.05, 0.1) is 17.7 Å². The van der Waals surface area contributed by atoms with E-state index in [-0.39, 0.29) is 25.0 Å². The predicted molar refractivity (Wildman–Crippen MR) is 89.1 cm³/mol. The van der Waals surface area contributed by atoms with Gasteiger partial charge in [-0.1, -0.05) is 41.9 Å². The number of esters is 1. The molecule has 1 fully saturated rings. The van der Waals surface area contributed by atoms with E-state index in [1.807, 2.05) is 30.3 Å². The normalized spacial score (nSPS) is 20.2. The van der Waals surface area contributed by atoms with Crippen LogP contribution in [0.3, 0.4) is 0 Å². The van der Waals surface area contributed by atoms with Gasteiger partial charge in [0.1, 0.15) is 6.61 Å². The molecule has 0 saturated carbocycles. The number of nitrogens with zero attached hydrogens (tertiary/aromatic N) is 2. The van der Waals surface area contributed by atoms with Crippen molar-refractivity contribution < 1.29 is 14.3 Å². The number of carbonyl (C=O) groups excluding carboxylic acids is 2. The molecule has 1 aromatic heterocycles. The van der Waals surface area contributed by atoms with Crippen LogP contribution in [0.15, 0.2) is 48.7 Å². The molecule has 3 rings (SSSR count). The molecule has 0 aliphatic carbocycles. The molecule has 1 saturated heterocycles. The number of hydrogen-bond acceptors (Lipinski definition) is 4. The fourth-order valence-corrected chi connectivity index (χ4v) is 3.15. The third-order valence-electron chi connectivity index (χ3n) is 4.17. The first-order chi connectivity index (χ1) is 11.6. The summed E-state index contributed by atoms with van der Waals surface area (Å²) in [5, 5.41) is 0.536. The van der Waals surface area contributed by atoms with Crippen molar-refractivity contribution >= 4 is 23.5 Å². The highest BCUT2D eigenvalue weighted by Crippen LogP contribution is 2.37. The lowest BCUT2D eigenvalue weighted by atomic mass is 9.94. The van der Waals surface area contributed by atoms with Crippen molar-refractivity contribution in [3.63, 3.8) is 0 Å². The fourth-order valence-electron chi connectivity index (χ4n) is 2.97. The third kappa shape index (κ3) is 3.41. The summed E-state index contributed by atoms with van der Waals surface area (Å²) in [5.74, 6) is -0.987. The first-order valence-corrected chi connectivity index (χ1v) is 8.01. The van der Waals surface area contributed by atoms with Crippen LogP contribution in [0.25, 0.3) is 0 Å². The van der Waals surface area contributed by atoms with Gasteiger partial charge in [0, 0.05) is 24.7 Å². The monoisotopic (exact) mass is 344 g/mol.